The molecule has 2 aromatic rings. The molecule has 1 aromatic carbocycles. The lowest BCUT2D eigenvalue weighted by Crippen LogP contribution is -2.36. The molecule has 108 valence electrons. The van der Waals surface area contributed by atoms with Crippen LogP contribution in [0.5, 0.6) is 0 Å². The van der Waals surface area contributed by atoms with Crippen LogP contribution in [0.3, 0.4) is 0 Å². The summed E-state index contributed by atoms with van der Waals surface area (Å²) in [6.45, 7) is 4.65. The topological polar surface area (TPSA) is 39.2 Å². The number of halogens is 1. The van der Waals surface area contributed by atoms with Crippen LogP contribution in [0, 0.1) is 11.3 Å². The molecular formula is C17H22ClNO. The van der Waals surface area contributed by atoms with Crippen LogP contribution in [0.15, 0.2) is 28.7 Å². The maximum Gasteiger partial charge on any atom is 0.152 e. The molecule has 1 heterocycles. The summed E-state index contributed by atoms with van der Waals surface area (Å²) in [6.07, 6.45) is 5.00. The van der Waals surface area contributed by atoms with Crippen molar-refractivity contribution in [3.63, 3.8) is 0 Å². The maximum atomic E-state index is 6.52. The SMILES string of the molecule is CC1(C)CCCCC1C(N)c1cc2cccc(Cl)c2o1. The van der Waals surface area contributed by atoms with Crippen molar-refractivity contribution in [2.24, 2.45) is 17.1 Å². The average Bonchev–Trinajstić information content (AvgIpc) is 2.83. The van der Waals surface area contributed by atoms with Gasteiger partial charge in [0.05, 0.1) is 11.1 Å². The lowest BCUT2D eigenvalue weighted by molar-refractivity contribution is 0.105. The second-order valence-electron chi connectivity index (χ2n) is 6.67. The Morgan fingerprint density at radius 1 is 1.35 bits per heavy atom. The van der Waals surface area contributed by atoms with Crippen molar-refractivity contribution in [3.8, 4) is 0 Å². The number of hydrogen-bond acceptors (Lipinski definition) is 2. The molecule has 2 N–H and O–H groups in total. The van der Waals surface area contributed by atoms with Gasteiger partial charge < -0.3 is 10.2 Å². The lowest BCUT2D eigenvalue weighted by atomic mass is 9.65. The third kappa shape index (κ3) is 2.36. The first kappa shape index (κ1) is 14.0. The Morgan fingerprint density at radius 3 is 2.85 bits per heavy atom. The molecule has 0 aliphatic heterocycles. The van der Waals surface area contributed by atoms with E-state index in [0.29, 0.717) is 10.9 Å². The Bertz CT molecular complexity index is 616. The Hall–Kier alpha value is -0.990. The lowest BCUT2D eigenvalue weighted by Gasteiger charge is -2.41. The number of para-hydroxylation sites is 1. The maximum absolute atomic E-state index is 6.52. The molecule has 0 spiro atoms. The van der Waals surface area contributed by atoms with Gasteiger partial charge in [0.2, 0.25) is 0 Å². The Labute approximate surface area is 125 Å². The highest BCUT2D eigenvalue weighted by Gasteiger charge is 2.37. The number of rotatable bonds is 2. The molecule has 2 unspecified atom stereocenters. The van der Waals surface area contributed by atoms with Gasteiger partial charge in [0, 0.05) is 5.39 Å². The second kappa shape index (κ2) is 5.09. The van der Waals surface area contributed by atoms with Gasteiger partial charge in [-0.1, -0.05) is 50.4 Å². The van der Waals surface area contributed by atoms with Gasteiger partial charge >= 0.3 is 0 Å². The fraction of sp³-hybridized carbons (Fsp3) is 0.529. The molecule has 1 aliphatic rings. The number of fused-ring (bicyclic) bond motifs is 1. The first-order chi connectivity index (χ1) is 9.49. The predicted octanol–water partition coefficient (Wildman–Crippen LogP) is 5.30. The molecule has 0 radical (unpaired) electrons. The number of benzene rings is 1. The van der Waals surface area contributed by atoms with Crippen molar-refractivity contribution in [2.75, 3.05) is 0 Å². The van der Waals surface area contributed by atoms with Crippen molar-refractivity contribution in [1.82, 2.24) is 0 Å². The highest BCUT2D eigenvalue weighted by Crippen LogP contribution is 2.46. The molecule has 20 heavy (non-hydrogen) atoms. The fourth-order valence-corrected chi connectivity index (χ4v) is 3.82. The minimum absolute atomic E-state index is 0.0474. The van der Waals surface area contributed by atoms with Gasteiger partial charge in [-0.15, -0.1) is 0 Å². The molecule has 2 nitrogen and oxygen atoms in total. The smallest absolute Gasteiger partial charge is 0.152 e. The van der Waals surface area contributed by atoms with E-state index in [4.69, 9.17) is 21.8 Å². The molecule has 1 fully saturated rings. The zero-order valence-corrected chi connectivity index (χ0v) is 12.9. The zero-order valence-electron chi connectivity index (χ0n) is 12.2. The average molecular weight is 292 g/mol. The van der Waals surface area contributed by atoms with Gasteiger partial charge in [0.1, 0.15) is 5.76 Å². The van der Waals surface area contributed by atoms with Crippen LogP contribution in [0.2, 0.25) is 5.02 Å². The standard InChI is InChI=1S/C17H22ClNO/c1-17(2)9-4-3-7-12(17)15(19)14-10-11-6-5-8-13(18)16(11)20-14/h5-6,8,10,12,15H,3-4,7,9,19H2,1-2H3. The van der Waals surface area contributed by atoms with Crippen LogP contribution in [0.4, 0.5) is 0 Å². The van der Waals surface area contributed by atoms with E-state index in [0.717, 1.165) is 16.7 Å². The van der Waals surface area contributed by atoms with E-state index in [9.17, 15) is 0 Å². The summed E-state index contributed by atoms with van der Waals surface area (Å²) in [5, 5.41) is 1.69. The van der Waals surface area contributed by atoms with E-state index in [1.165, 1.54) is 25.7 Å². The van der Waals surface area contributed by atoms with Crippen LogP contribution in [-0.4, -0.2) is 0 Å². The zero-order chi connectivity index (χ0) is 14.3. The molecule has 3 heteroatoms. The van der Waals surface area contributed by atoms with Crippen molar-refractivity contribution in [1.29, 1.82) is 0 Å². The summed E-state index contributed by atoms with van der Waals surface area (Å²) >= 11 is 6.18. The molecule has 1 saturated carbocycles. The van der Waals surface area contributed by atoms with Gasteiger partial charge in [-0.25, -0.2) is 0 Å². The van der Waals surface area contributed by atoms with Crippen LogP contribution in [-0.2, 0) is 0 Å². The Morgan fingerprint density at radius 2 is 2.15 bits per heavy atom. The Balaban J connectivity index is 1.95. The summed E-state index contributed by atoms with van der Waals surface area (Å²) in [7, 11) is 0. The van der Waals surface area contributed by atoms with E-state index in [-0.39, 0.29) is 11.5 Å². The summed E-state index contributed by atoms with van der Waals surface area (Å²) in [5.74, 6) is 1.34. The molecule has 1 aliphatic carbocycles. The van der Waals surface area contributed by atoms with Crippen LogP contribution in [0.25, 0.3) is 11.0 Å². The minimum atomic E-state index is -0.0474. The molecule has 0 bridgehead atoms. The second-order valence-corrected chi connectivity index (χ2v) is 7.08. The number of furan rings is 1. The summed E-state index contributed by atoms with van der Waals surface area (Å²) < 4.78 is 5.95. The first-order valence-electron chi connectivity index (χ1n) is 7.42. The van der Waals surface area contributed by atoms with Crippen LogP contribution >= 0.6 is 11.6 Å². The van der Waals surface area contributed by atoms with Gasteiger partial charge in [-0.3, -0.25) is 0 Å². The predicted molar refractivity (Wildman–Crippen MR) is 83.9 cm³/mol. The van der Waals surface area contributed by atoms with Gasteiger partial charge in [-0.2, -0.15) is 0 Å². The molecule has 3 rings (SSSR count). The van der Waals surface area contributed by atoms with Crippen molar-refractivity contribution < 1.29 is 4.42 Å². The quantitative estimate of drug-likeness (QED) is 0.815. The fourth-order valence-electron chi connectivity index (χ4n) is 3.60. The van der Waals surface area contributed by atoms with Gasteiger partial charge in [0.25, 0.3) is 0 Å². The van der Waals surface area contributed by atoms with E-state index in [1.807, 2.05) is 18.2 Å². The minimum Gasteiger partial charge on any atom is -0.458 e. The first-order valence-corrected chi connectivity index (χ1v) is 7.80. The third-order valence-electron chi connectivity index (χ3n) is 4.87. The van der Waals surface area contributed by atoms with Gasteiger partial charge in [0.15, 0.2) is 5.58 Å². The highest BCUT2D eigenvalue weighted by molar-refractivity contribution is 6.34. The van der Waals surface area contributed by atoms with E-state index in [2.05, 4.69) is 19.9 Å². The summed E-state index contributed by atoms with van der Waals surface area (Å²) in [5.41, 5.74) is 7.56. The van der Waals surface area contributed by atoms with E-state index in [1.54, 1.807) is 0 Å². The summed E-state index contributed by atoms with van der Waals surface area (Å²) in [6, 6.07) is 7.82. The van der Waals surface area contributed by atoms with Gasteiger partial charge in [-0.05, 0) is 36.3 Å². The molecule has 2 atom stereocenters. The largest absolute Gasteiger partial charge is 0.458 e. The third-order valence-corrected chi connectivity index (χ3v) is 5.16. The summed E-state index contributed by atoms with van der Waals surface area (Å²) in [4.78, 5) is 0. The molecule has 0 amide bonds. The Kier molecular flexibility index (Phi) is 3.55. The van der Waals surface area contributed by atoms with Crippen molar-refractivity contribution >= 4 is 22.6 Å². The molecule has 1 aromatic heterocycles. The van der Waals surface area contributed by atoms with Crippen LogP contribution in [0.1, 0.15) is 51.3 Å². The molecular weight excluding hydrogens is 270 g/mol. The number of nitrogens with two attached hydrogens (primary N) is 1. The number of hydrogen-bond donors (Lipinski definition) is 1. The van der Waals surface area contributed by atoms with E-state index < -0.39 is 0 Å². The normalized spacial score (nSPS) is 23.9. The van der Waals surface area contributed by atoms with Crippen molar-refractivity contribution in [3.05, 3.63) is 35.0 Å². The van der Waals surface area contributed by atoms with E-state index >= 15 is 0 Å². The van der Waals surface area contributed by atoms with Crippen LogP contribution < -0.4 is 5.73 Å². The monoisotopic (exact) mass is 291 g/mol. The highest BCUT2D eigenvalue weighted by atomic mass is 35.5. The van der Waals surface area contributed by atoms with Crippen molar-refractivity contribution in [2.45, 2.75) is 45.6 Å². The molecule has 0 saturated heterocycles.